The highest BCUT2D eigenvalue weighted by Crippen LogP contribution is 2.38. The molecule has 0 bridgehead atoms. The maximum absolute atomic E-state index is 14.4. The number of rotatable bonds is 40. The molecule has 0 radical (unpaired) electrons. The number of carbonyl (C=O) groups excluding carboxylic acids is 13. The van der Waals surface area contributed by atoms with Crippen molar-refractivity contribution < 1.29 is 106 Å². The number of Topliss-reactive ketones (excluding diaryl/α,β-unsaturated/α-hetero) is 1. The predicted molar refractivity (Wildman–Crippen MR) is 484 cm³/mol. The molecule has 2 aliphatic carbocycles. The average molecular weight is 1810 g/mol. The molecule has 8 rings (SSSR count). The molecule has 2 unspecified atom stereocenters. The number of esters is 2. The van der Waals surface area contributed by atoms with E-state index in [1.807, 2.05) is 135 Å². The summed E-state index contributed by atoms with van der Waals surface area (Å²) in [5.74, 6) is -5.80. The lowest BCUT2D eigenvalue weighted by Gasteiger charge is -2.30. The summed E-state index contributed by atoms with van der Waals surface area (Å²) in [6, 6.07) is 33.6. The van der Waals surface area contributed by atoms with Gasteiger partial charge in [-0.25, -0.2) is 33.6 Å². The first kappa shape index (κ1) is 107. The summed E-state index contributed by atoms with van der Waals surface area (Å²) in [7, 11) is 1.41. The van der Waals surface area contributed by atoms with Crippen LogP contribution in [0.2, 0.25) is 0 Å². The van der Waals surface area contributed by atoms with Gasteiger partial charge in [-0.15, -0.1) is 0 Å². The van der Waals surface area contributed by atoms with Crippen molar-refractivity contribution in [3.8, 4) is 0 Å². The van der Waals surface area contributed by atoms with Gasteiger partial charge in [-0.2, -0.15) is 0 Å². The molecule has 10 amide bonds. The van der Waals surface area contributed by atoms with Crippen LogP contribution in [-0.2, 0) is 102 Å². The van der Waals surface area contributed by atoms with E-state index in [-0.39, 0.29) is 107 Å². The minimum Gasteiger partial charge on any atom is -0.480 e. The van der Waals surface area contributed by atoms with Crippen LogP contribution >= 0.6 is 0 Å². The largest absolute Gasteiger partial charge is 0.480 e. The number of benzene rings is 4. The number of methoxy groups -OCH3 is 2. The molecule has 2 saturated heterocycles. The zero-order valence-electron chi connectivity index (χ0n) is 79.2. The number of unbranched alkanes of at least 4 members (excludes halogenated alkanes) is 2. The van der Waals surface area contributed by atoms with Crippen LogP contribution in [0.25, 0.3) is 0 Å². The second-order valence-electron chi connectivity index (χ2n) is 37.7. The molecular formula is C96H142FN11O21. The van der Waals surface area contributed by atoms with Crippen LogP contribution in [0.5, 0.6) is 0 Å². The Balaban J connectivity index is 0.000000379. The highest BCUT2D eigenvalue weighted by molar-refractivity contribution is 5.96. The third kappa shape index (κ3) is 40.5. The van der Waals surface area contributed by atoms with E-state index in [9.17, 15) is 76.6 Å². The quantitative estimate of drug-likeness (QED) is 0.0112. The molecule has 11 N–H and O–H groups in total. The number of nitrogens with zero attached hydrogens (tertiary/aromatic N) is 2. The first-order chi connectivity index (χ1) is 61.1. The van der Waals surface area contributed by atoms with E-state index in [1.54, 1.807) is 83.1 Å². The van der Waals surface area contributed by atoms with E-state index in [4.69, 9.17) is 35.5 Å². The zero-order valence-corrected chi connectivity index (χ0v) is 78.2. The van der Waals surface area contributed by atoms with Gasteiger partial charge < -0.3 is 91.6 Å². The summed E-state index contributed by atoms with van der Waals surface area (Å²) in [6.07, 6.45) is 6.17. The van der Waals surface area contributed by atoms with Gasteiger partial charge in [-0.1, -0.05) is 161 Å². The summed E-state index contributed by atoms with van der Waals surface area (Å²) in [5, 5.41) is 31.4. The maximum Gasteiger partial charge on any atom is 0.408 e. The van der Waals surface area contributed by atoms with E-state index in [1.165, 1.54) is 24.0 Å². The highest BCUT2D eigenvalue weighted by Gasteiger charge is 2.52. The molecule has 2 aliphatic heterocycles. The van der Waals surface area contributed by atoms with Crippen LogP contribution < -0.4 is 48.3 Å². The predicted octanol–water partition coefficient (Wildman–Crippen LogP) is 11.0. The molecule has 4 aromatic carbocycles. The van der Waals surface area contributed by atoms with Gasteiger partial charge in [0.1, 0.15) is 40.5 Å². The molecule has 32 nitrogen and oxygen atoms in total. The number of nitrogens with two attached hydrogens (primary N) is 1. The van der Waals surface area contributed by atoms with Gasteiger partial charge in [0.25, 0.3) is 0 Å². The van der Waals surface area contributed by atoms with Gasteiger partial charge in [-0.05, 0) is 188 Å². The number of carboxylic acid groups (broad SMARTS) is 1. The van der Waals surface area contributed by atoms with E-state index in [0.717, 1.165) is 47.9 Å². The molecule has 0 spiro atoms. The van der Waals surface area contributed by atoms with Crippen LogP contribution in [0.3, 0.4) is 0 Å². The van der Waals surface area contributed by atoms with Crippen molar-refractivity contribution in [3.05, 3.63) is 144 Å². The smallest absolute Gasteiger partial charge is 0.408 e. The van der Waals surface area contributed by atoms with Gasteiger partial charge in [0.2, 0.25) is 35.4 Å². The minimum atomic E-state index is -1.59. The Labute approximate surface area is 760 Å². The molecule has 10 atom stereocenters. The van der Waals surface area contributed by atoms with E-state index < -0.39 is 149 Å². The number of carboxylic acids is 1. The third-order valence-electron chi connectivity index (χ3n) is 21.5. The molecule has 4 aliphatic rings. The molecule has 33 heteroatoms. The first-order valence-corrected chi connectivity index (χ1v) is 44.5. The number of alkyl carbamates (subject to hydrolysis) is 4. The molecule has 2 heterocycles. The van der Waals surface area contributed by atoms with Crippen LogP contribution in [0.4, 0.5) is 23.6 Å². The fourth-order valence-electron chi connectivity index (χ4n) is 14.6. The fraction of sp³-hybridized carbons (Fsp3) is 0.604. The Bertz CT molecular complexity index is 4310. The number of likely N-dealkylation sites (tertiary alicyclic amines) is 2. The number of ketones is 1. The van der Waals surface area contributed by atoms with Gasteiger partial charge in [0, 0.05) is 69.6 Å². The number of amides is 10. The van der Waals surface area contributed by atoms with Crippen molar-refractivity contribution in [3.63, 3.8) is 0 Å². The molecule has 0 aromatic heterocycles. The Morgan fingerprint density at radius 1 is 0.457 bits per heavy atom. The average Bonchev–Trinajstić information content (AvgIpc) is 1.65. The second-order valence-corrected chi connectivity index (χ2v) is 37.7. The van der Waals surface area contributed by atoms with Crippen molar-refractivity contribution in [1.82, 2.24) is 52.3 Å². The van der Waals surface area contributed by atoms with Crippen LogP contribution in [-0.4, -0.2) is 223 Å². The Hall–Kier alpha value is -11.3. The normalized spacial score (nSPS) is 17.9. The molecular weight excluding hydrogens is 1660 g/mol. The molecule has 2 saturated carbocycles. The van der Waals surface area contributed by atoms with Crippen molar-refractivity contribution in [2.24, 2.45) is 35.3 Å². The number of hydrogen-bond donors (Lipinski definition) is 10. The van der Waals surface area contributed by atoms with Crippen LogP contribution in [0.1, 0.15) is 217 Å². The van der Waals surface area contributed by atoms with Gasteiger partial charge in [0.05, 0.1) is 47.9 Å². The lowest BCUT2D eigenvalue weighted by atomic mass is 9.89. The van der Waals surface area contributed by atoms with Crippen LogP contribution in [0, 0.1) is 29.6 Å². The number of alkyl halides is 1. The first-order valence-electron chi connectivity index (χ1n) is 45.2. The number of carbonyl (C=O) groups is 14. The lowest BCUT2D eigenvalue weighted by molar-refractivity contribution is -0.149. The Kier molecular flexibility index (Phi) is 42.8. The summed E-state index contributed by atoms with van der Waals surface area (Å²) in [4.78, 5) is 185. The number of aliphatic carboxylic acids is 1. The number of nitrogens with one attached hydrogen (secondary N) is 8. The number of halogens is 1. The van der Waals surface area contributed by atoms with E-state index in [2.05, 4.69) is 42.5 Å². The number of ether oxygens (including phenoxy) is 6. The van der Waals surface area contributed by atoms with Gasteiger partial charge in [-0.3, -0.25) is 38.0 Å². The fourth-order valence-corrected chi connectivity index (χ4v) is 14.6. The molecule has 4 fully saturated rings. The van der Waals surface area contributed by atoms with Crippen LogP contribution in [0.15, 0.2) is 121 Å². The third-order valence-corrected chi connectivity index (χ3v) is 21.5. The Morgan fingerprint density at radius 3 is 1.12 bits per heavy atom. The topological polar surface area (TPSA) is 443 Å². The monoisotopic (exact) mass is 1810 g/mol. The summed E-state index contributed by atoms with van der Waals surface area (Å²) >= 11 is 0. The molecule has 129 heavy (non-hydrogen) atoms. The standard InChI is InChI=1S/C48H69N5O10.C28H49N5O8.C19H21NO3.CH3F/c1-32(27-33-17-11-9-12-18-33)40(55)51-38(29-34-19-13-10-14-20-34)39(54)30-36(28-35-22-23-35)41(56)50-37(21-15-16-25-49-44(59)62-46(2,3)4)42(57)53-26-24-48(31-53,43(58)61-8)52-45(60)63-47(5,6)7;1-26(2,3)40-24(37)30-14-9-8-10-20(31-21(34)19(29)16-18-11-12-18)22(35)33-15-13-28(17-33,23(36)39-7)32-25(38)41-27(4,5)6;1-14(12-15-8-4-2-5-9-15)18(21)20-17(19(22)23)13-16-10-6-3-7-11-16;1-2/h9-14,17-20,32,35-38H,15-16,21-31H2,1-8H3,(H,49,59)(H,50,56)(H,51,55)(H,52,60);18-20H,8-17,29H2,1-7H3,(H,30,37)(H,31,34)(H,32,38);2-11,14,17H,12-13H2,1H3,(H,20,21)(H,22,23);1H3/t32-,36+,37-,38-,48?;19-,20-,28?;14-,17-;/m111./s1/i;;;1D. The van der Waals surface area contributed by atoms with E-state index >= 15 is 0 Å². The Morgan fingerprint density at radius 2 is 0.775 bits per heavy atom. The SMILES string of the molecule is COC(=O)C1(NC(=O)OC(C)(C)C)CCN(C(=O)[C@@H](CCCCNC(=O)OC(C)(C)C)NC(=O)[C@H](CC(=O)[C@@H](Cc2ccccc2)NC(=O)[C@H](C)Cc2ccccc2)CC2CC2)C1.COC(=O)C1(NC(=O)OC(C)(C)C)CCN(C(=O)[C@@H](CCCCNC(=O)OC(C)(C)C)NC(=O)[C@H](N)CC2CC2)C1.C[C@H](Cc1ccccc1)C(=O)N[C@H](Cc1ccccc1)C(=O)O.[2H]CF. The molecule has 4 aromatic rings. The lowest BCUT2D eigenvalue weighted by Crippen LogP contribution is -2.59. The summed E-state index contributed by atoms with van der Waals surface area (Å²) in [5.41, 5.74) is 3.91. The summed E-state index contributed by atoms with van der Waals surface area (Å²) in [6.45, 7) is 24.9. The van der Waals surface area contributed by atoms with E-state index in [0.29, 0.717) is 63.8 Å². The molecule has 714 valence electrons. The zero-order chi connectivity index (χ0) is 96.7. The van der Waals surface area contributed by atoms with Gasteiger partial charge in [0.15, 0.2) is 16.9 Å². The van der Waals surface area contributed by atoms with Crippen molar-refractivity contribution in [2.45, 2.75) is 283 Å². The van der Waals surface area contributed by atoms with Gasteiger partial charge >= 0.3 is 42.3 Å². The summed E-state index contributed by atoms with van der Waals surface area (Å²) < 4.78 is 46.9. The minimum absolute atomic E-state index is 0.0441. The highest BCUT2D eigenvalue weighted by atomic mass is 19.1. The van der Waals surface area contributed by atoms with Crippen molar-refractivity contribution >= 4 is 83.5 Å². The van der Waals surface area contributed by atoms with Crippen molar-refractivity contribution in [1.29, 1.82) is 0 Å². The maximum atomic E-state index is 14.4. The second kappa shape index (κ2) is 51.8. The van der Waals surface area contributed by atoms with Crippen molar-refractivity contribution in [2.75, 3.05) is 60.6 Å². The number of hydrogen-bond acceptors (Lipinski definition) is 21.